The summed E-state index contributed by atoms with van der Waals surface area (Å²) >= 11 is 0. The molecule has 0 aliphatic carbocycles. The summed E-state index contributed by atoms with van der Waals surface area (Å²) in [4.78, 5) is 25.8. The average Bonchev–Trinajstić information content (AvgIpc) is 2.74. The first-order valence-corrected chi connectivity index (χ1v) is 11.2. The molecule has 0 aromatic heterocycles. The Labute approximate surface area is 177 Å². The van der Waals surface area contributed by atoms with Crippen LogP contribution >= 0.6 is 0 Å². The molecule has 30 heavy (non-hydrogen) atoms. The maximum absolute atomic E-state index is 13.0. The molecule has 7 nitrogen and oxygen atoms in total. The third-order valence-corrected chi connectivity index (χ3v) is 7.35. The van der Waals surface area contributed by atoms with E-state index in [1.807, 2.05) is 32.9 Å². The fourth-order valence-electron chi connectivity index (χ4n) is 3.41. The lowest BCUT2D eigenvalue weighted by Crippen LogP contribution is -2.49. The molecule has 0 atom stereocenters. The van der Waals surface area contributed by atoms with Crippen LogP contribution in [0.3, 0.4) is 0 Å². The van der Waals surface area contributed by atoms with Crippen molar-refractivity contribution < 1.29 is 22.7 Å². The lowest BCUT2D eigenvalue weighted by atomic mass is 10.1. The number of piperazine rings is 1. The number of carbonyl (C=O) groups excluding carboxylic acids is 2. The molecule has 1 aliphatic rings. The number of esters is 1. The number of benzene rings is 2. The molecule has 0 unspecified atom stereocenters. The van der Waals surface area contributed by atoms with Crippen LogP contribution in [0.25, 0.3) is 0 Å². The van der Waals surface area contributed by atoms with E-state index in [2.05, 4.69) is 0 Å². The van der Waals surface area contributed by atoms with Gasteiger partial charge in [-0.1, -0.05) is 18.2 Å². The predicted molar refractivity (Wildman–Crippen MR) is 113 cm³/mol. The van der Waals surface area contributed by atoms with Crippen LogP contribution in [-0.4, -0.2) is 55.7 Å². The summed E-state index contributed by atoms with van der Waals surface area (Å²) in [7, 11) is -3.78. The van der Waals surface area contributed by atoms with Crippen molar-refractivity contribution in [2.24, 2.45) is 0 Å². The van der Waals surface area contributed by atoms with Crippen LogP contribution in [0, 0.1) is 20.8 Å². The minimum Gasteiger partial charge on any atom is -0.422 e. The normalized spacial score (nSPS) is 15.1. The summed E-state index contributed by atoms with van der Waals surface area (Å²) < 4.78 is 33.0. The Balaban J connectivity index is 1.82. The first-order valence-electron chi connectivity index (χ1n) is 9.76. The zero-order chi connectivity index (χ0) is 22.1. The number of carbonyl (C=O) groups is 2. The van der Waals surface area contributed by atoms with Gasteiger partial charge in [0.05, 0.1) is 10.5 Å². The van der Waals surface area contributed by atoms with Gasteiger partial charge >= 0.3 is 5.97 Å². The van der Waals surface area contributed by atoms with Crippen LogP contribution < -0.4 is 4.74 Å². The second-order valence-electron chi connectivity index (χ2n) is 7.48. The largest absolute Gasteiger partial charge is 0.422 e. The second-order valence-corrected chi connectivity index (χ2v) is 9.42. The molecule has 2 aromatic rings. The highest BCUT2D eigenvalue weighted by atomic mass is 32.2. The van der Waals surface area contributed by atoms with Crippen LogP contribution in [-0.2, 0) is 14.8 Å². The van der Waals surface area contributed by atoms with Gasteiger partial charge in [0.25, 0.3) is 0 Å². The second kappa shape index (κ2) is 8.57. The smallest absolute Gasteiger partial charge is 0.343 e. The van der Waals surface area contributed by atoms with Gasteiger partial charge in [-0.3, -0.25) is 4.79 Å². The minimum absolute atomic E-state index is 0.0333. The molecule has 160 valence electrons. The van der Waals surface area contributed by atoms with E-state index in [4.69, 9.17) is 4.74 Å². The molecule has 1 amide bonds. The third kappa shape index (κ3) is 4.39. The van der Waals surface area contributed by atoms with Crippen LogP contribution in [0.5, 0.6) is 5.75 Å². The third-order valence-electron chi connectivity index (χ3n) is 5.46. The summed E-state index contributed by atoms with van der Waals surface area (Å²) in [5, 5.41) is 0. The highest BCUT2D eigenvalue weighted by molar-refractivity contribution is 7.89. The Morgan fingerprint density at radius 3 is 2.20 bits per heavy atom. The van der Waals surface area contributed by atoms with E-state index in [0.29, 0.717) is 18.8 Å². The maximum Gasteiger partial charge on any atom is 0.343 e. The molecule has 0 radical (unpaired) electrons. The standard InChI is InChI=1S/C22H26N2O5S/c1-15-8-9-16(2)21(17(15)3)29-22(26)19-6-5-7-20(14-19)30(27,28)24-12-10-23(11-13-24)18(4)25/h5-9,14H,10-13H2,1-4H3. The molecule has 0 saturated carbocycles. The molecule has 0 N–H and O–H groups in total. The molecular weight excluding hydrogens is 404 g/mol. The first kappa shape index (κ1) is 22.0. The molecule has 0 bridgehead atoms. The van der Waals surface area contributed by atoms with Gasteiger partial charge in [0.2, 0.25) is 15.9 Å². The SMILES string of the molecule is CC(=O)N1CCN(S(=O)(=O)c2cccc(C(=O)Oc3c(C)ccc(C)c3C)c2)CC1. The molecule has 1 saturated heterocycles. The highest BCUT2D eigenvalue weighted by Crippen LogP contribution is 2.27. The van der Waals surface area contributed by atoms with Gasteiger partial charge in [0.15, 0.2) is 0 Å². The topological polar surface area (TPSA) is 84.0 Å². The van der Waals surface area contributed by atoms with E-state index in [-0.39, 0.29) is 29.5 Å². The number of amides is 1. The van der Waals surface area contributed by atoms with Crippen molar-refractivity contribution in [3.63, 3.8) is 0 Å². The van der Waals surface area contributed by atoms with E-state index in [1.54, 1.807) is 4.90 Å². The Morgan fingerprint density at radius 2 is 1.57 bits per heavy atom. The van der Waals surface area contributed by atoms with Crippen molar-refractivity contribution >= 4 is 21.9 Å². The fraction of sp³-hybridized carbons (Fsp3) is 0.364. The van der Waals surface area contributed by atoms with Crippen LogP contribution in [0.4, 0.5) is 0 Å². The van der Waals surface area contributed by atoms with Crippen molar-refractivity contribution in [2.75, 3.05) is 26.2 Å². The molecule has 2 aromatic carbocycles. The van der Waals surface area contributed by atoms with Gasteiger partial charge in [-0.25, -0.2) is 13.2 Å². The summed E-state index contributed by atoms with van der Waals surface area (Å²) in [5.74, 6) is -0.183. The summed E-state index contributed by atoms with van der Waals surface area (Å²) in [6.07, 6.45) is 0. The van der Waals surface area contributed by atoms with Gasteiger partial charge in [0.1, 0.15) is 5.75 Å². The average molecular weight is 431 g/mol. The van der Waals surface area contributed by atoms with Gasteiger partial charge in [-0.15, -0.1) is 0 Å². The first-order chi connectivity index (χ1) is 14.1. The van der Waals surface area contributed by atoms with E-state index in [1.165, 1.54) is 35.5 Å². The van der Waals surface area contributed by atoms with E-state index >= 15 is 0 Å². The molecule has 0 spiro atoms. The lowest BCUT2D eigenvalue weighted by molar-refractivity contribution is -0.129. The van der Waals surface area contributed by atoms with Crippen molar-refractivity contribution in [3.05, 3.63) is 58.7 Å². The summed E-state index contributed by atoms with van der Waals surface area (Å²) in [6, 6.07) is 9.72. The number of ether oxygens (including phenoxy) is 1. The Hall–Kier alpha value is -2.71. The van der Waals surface area contributed by atoms with Crippen molar-refractivity contribution in [1.29, 1.82) is 0 Å². The van der Waals surface area contributed by atoms with Gasteiger partial charge in [-0.2, -0.15) is 4.31 Å². The zero-order valence-corrected chi connectivity index (χ0v) is 18.5. The van der Waals surface area contributed by atoms with Gasteiger partial charge in [-0.05, 0) is 55.7 Å². The highest BCUT2D eigenvalue weighted by Gasteiger charge is 2.29. The monoisotopic (exact) mass is 430 g/mol. The minimum atomic E-state index is -3.78. The molecule has 3 rings (SSSR count). The van der Waals surface area contributed by atoms with E-state index < -0.39 is 16.0 Å². The molecule has 1 heterocycles. The van der Waals surface area contributed by atoms with Crippen LogP contribution in [0.1, 0.15) is 34.0 Å². The van der Waals surface area contributed by atoms with Crippen molar-refractivity contribution in [2.45, 2.75) is 32.6 Å². The number of nitrogens with zero attached hydrogens (tertiary/aromatic N) is 2. The Morgan fingerprint density at radius 1 is 0.933 bits per heavy atom. The van der Waals surface area contributed by atoms with E-state index in [0.717, 1.165) is 16.7 Å². The quantitative estimate of drug-likeness (QED) is 0.550. The van der Waals surface area contributed by atoms with E-state index in [9.17, 15) is 18.0 Å². The number of hydrogen-bond donors (Lipinski definition) is 0. The number of rotatable bonds is 4. The molecule has 1 aliphatic heterocycles. The van der Waals surface area contributed by atoms with Crippen molar-refractivity contribution in [1.82, 2.24) is 9.21 Å². The van der Waals surface area contributed by atoms with Gasteiger partial charge < -0.3 is 9.64 Å². The summed E-state index contributed by atoms with van der Waals surface area (Å²) in [6.45, 7) is 8.28. The van der Waals surface area contributed by atoms with Crippen LogP contribution in [0.15, 0.2) is 41.3 Å². The van der Waals surface area contributed by atoms with Gasteiger partial charge in [0, 0.05) is 33.1 Å². The Kier molecular flexibility index (Phi) is 6.28. The zero-order valence-electron chi connectivity index (χ0n) is 17.6. The Bertz CT molecular complexity index is 1090. The molecular formula is C22H26N2O5S. The molecule has 8 heteroatoms. The number of aryl methyl sites for hydroxylation is 2. The van der Waals surface area contributed by atoms with Crippen LogP contribution in [0.2, 0.25) is 0 Å². The fourth-order valence-corrected chi connectivity index (χ4v) is 4.88. The van der Waals surface area contributed by atoms with Crippen molar-refractivity contribution in [3.8, 4) is 5.75 Å². The maximum atomic E-state index is 13.0. The summed E-state index contributed by atoms with van der Waals surface area (Å²) in [5.41, 5.74) is 2.87. The lowest BCUT2D eigenvalue weighted by Gasteiger charge is -2.33. The molecule has 1 fully saturated rings. The number of sulfonamides is 1. The predicted octanol–water partition coefficient (Wildman–Crippen LogP) is 2.68. The number of hydrogen-bond acceptors (Lipinski definition) is 5.